The number of Topliss-reactive ketones (excluding diaryl/α,β-unsaturated/α-hetero) is 1. The highest BCUT2D eigenvalue weighted by Crippen LogP contribution is 2.44. The minimum Gasteiger partial charge on any atom is -0.507 e. The molecule has 4 aromatic rings. The molecule has 43 heavy (non-hydrogen) atoms. The molecule has 1 unspecified atom stereocenters. The van der Waals surface area contributed by atoms with E-state index in [2.05, 4.69) is 0 Å². The molecule has 1 aliphatic rings. The molecule has 2 N–H and O–H groups in total. The minimum atomic E-state index is -1.66. The maximum atomic E-state index is 14.1. The van der Waals surface area contributed by atoms with Crippen molar-refractivity contribution < 1.29 is 48.2 Å². The van der Waals surface area contributed by atoms with E-state index in [0.29, 0.717) is 22.3 Å². The number of phenols is 1. The maximum absolute atomic E-state index is 14.1. The number of allylic oxidation sites excluding steroid dienone is 1. The predicted octanol–water partition coefficient (Wildman–Crippen LogP) is 5.17. The van der Waals surface area contributed by atoms with Crippen molar-refractivity contribution in [3.05, 3.63) is 94.6 Å². The highest BCUT2D eigenvalue weighted by Gasteiger charge is 2.35. The molecule has 0 aliphatic heterocycles. The zero-order valence-electron chi connectivity index (χ0n) is 24.0. The Kier molecular flexibility index (Phi) is 8.51. The van der Waals surface area contributed by atoms with Gasteiger partial charge in [-0.1, -0.05) is 24.3 Å². The third-order valence-corrected chi connectivity index (χ3v) is 7.14. The fraction of sp³-hybridized carbons (Fsp3) is 0.212. The Labute approximate surface area is 247 Å². The number of ketones is 2. The second-order valence-corrected chi connectivity index (χ2v) is 9.63. The first-order valence-corrected chi connectivity index (χ1v) is 13.2. The van der Waals surface area contributed by atoms with Crippen LogP contribution >= 0.6 is 0 Å². The lowest BCUT2D eigenvalue weighted by molar-refractivity contribution is 0.0495. The molecule has 0 heterocycles. The Morgan fingerprint density at radius 2 is 1.49 bits per heavy atom. The van der Waals surface area contributed by atoms with Crippen molar-refractivity contribution in [2.24, 2.45) is 0 Å². The van der Waals surface area contributed by atoms with Crippen LogP contribution in [0.3, 0.4) is 0 Å². The molecule has 0 bridgehead atoms. The van der Waals surface area contributed by atoms with Crippen LogP contribution in [-0.2, 0) is 11.3 Å². The highest BCUT2D eigenvalue weighted by molar-refractivity contribution is 6.30. The van der Waals surface area contributed by atoms with Crippen LogP contribution in [0, 0.1) is 0 Å². The molecule has 10 nitrogen and oxygen atoms in total. The lowest BCUT2D eigenvalue weighted by Crippen LogP contribution is -2.22. The monoisotopic (exact) mass is 586 g/mol. The summed E-state index contributed by atoms with van der Waals surface area (Å²) in [6.07, 6.45) is -0.575. The lowest BCUT2D eigenvalue weighted by atomic mass is 9.82. The van der Waals surface area contributed by atoms with Crippen LogP contribution in [0.2, 0.25) is 0 Å². The van der Waals surface area contributed by atoms with Gasteiger partial charge < -0.3 is 38.6 Å². The van der Waals surface area contributed by atoms with Crippen LogP contribution in [0.4, 0.5) is 0 Å². The number of phenolic OH excluding ortho intramolecular Hbond substituents is 1. The van der Waals surface area contributed by atoms with Crippen molar-refractivity contribution >= 4 is 22.3 Å². The van der Waals surface area contributed by atoms with Crippen molar-refractivity contribution in [3.8, 4) is 34.5 Å². The normalized spacial score (nSPS) is 13.3. The Bertz CT molecular complexity index is 1720. The third kappa shape index (κ3) is 5.57. The average Bonchev–Trinajstić information content (AvgIpc) is 3.03. The van der Waals surface area contributed by atoms with Gasteiger partial charge in [-0.15, -0.1) is 0 Å². The van der Waals surface area contributed by atoms with Crippen LogP contribution in [0.1, 0.15) is 37.9 Å². The third-order valence-electron chi connectivity index (χ3n) is 7.14. The first-order chi connectivity index (χ1) is 20.8. The largest absolute Gasteiger partial charge is 0.507 e. The van der Waals surface area contributed by atoms with Crippen molar-refractivity contribution in [1.82, 2.24) is 0 Å². The van der Waals surface area contributed by atoms with Gasteiger partial charge in [-0.2, -0.15) is 0 Å². The van der Waals surface area contributed by atoms with Crippen molar-refractivity contribution in [2.75, 3.05) is 35.2 Å². The zero-order valence-corrected chi connectivity index (χ0v) is 24.0. The SMILES string of the molecule is COCOc1c(OCc2ccc(OC)cc2)ccc2ccc3c(c12)C(=O)C(C(O)c1cc(OC)c(OC)cc1O)=CC3=O. The van der Waals surface area contributed by atoms with Crippen LogP contribution in [0.15, 0.2) is 72.3 Å². The molecule has 1 aliphatic carbocycles. The fourth-order valence-corrected chi connectivity index (χ4v) is 4.97. The summed E-state index contributed by atoms with van der Waals surface area (Å²) < 4.78 is 32.9. The number of aliphatic hydroxyl groups is 1. The number of aromatic hydroxyl groups is 1. The van der Waals surface area contributed by atoms with Gasteiger partial charge in [-0.25, -0.2) is 0 Å². The number of methoxy groups -OCH3 is 4. The molecule has 0 fully saturated rings. The Morgan fingerprint density at radius 3 is 2.16 bits per heavy atom. The summed E-state index contributed by atoms with van der Waals surface area (Å²) >= 11 is 0. The maximum Gasteiger partial charge on any atom is 0.193 e. The molecule has 0 amide bonds. The predicted molar refractivity (Wildman–Crippen MR) is 157 cm³/mol. The molecular formula is C33H30O10. The summed E-state index contributed by atoms with van der Waals surface area (Å²) in [6.45, 7) is 0.0256. The zero-order chi connectivity index (χ0) is 30.7. The van der Waals surface area contributed by atoms with Crippen LogP contribution in [0.25, 0.3) is 10.8 Å². The molecule has 0 saturated heterocycles. The smallest absolute Gasteiger partial charge is 0.193 e. The minimum absolute atomic E-state index is 0.0342. The van der Waals surface area contributed by atoms with Gasteiger partial charge in [-0.05, 0) is 47.4 Å². The summed E-state index contributed by atoms with van der Waals surface area (Å²) in [7, 11) is 5.85. The van der Waals surface area contributed by atoms with E-state index >= 15 is 0 Å². The highest BCUT2D eigenvalue weighted by atomic mass is 16.7. The van der Waals surface area contributed by atoms with Gasteiger partial charge in [0.25, 0.3) is 0 Å². The second kappa shape index (κ2) is 12.4. The summed E-state index contributed by atoms with van der Waals surface area (Å²) in [5.74, 6) is 0.246. The molecule has 1 atom stereocenters. The molecule has 5 rings (SSSR count). The summed E-state index contributed by atoms with van der Waals surface area (Å²) in [4.78, 5) is 27.4. The van der Waals surface area contributed by atoms with Gasteiger partial charge in [0.05, 0.1) is 21.3 Å². The molecule has 0 aromatic heterocycles. The molecular weight excluding hydrogens is 556 g/mol. The number of fused-ring (bicyclic) bond motifs is 3. The first-order valence-electron chi connectivity index (χ1n) is 13.2. The number of hydrogen-bond donors (Lipinski definition) is 2. The number of hydrogen-bond acceptors (Lipinski definition) is 10. The van der Waals surface area contributed by atoms with E-state index < -0.39 is 17.7 Å². The van der Waals surface area contributed by atoms with Crippen LogP contribution in [-0.4, -0.2) is 57.0 Å². The molecule has 10 heteroatoms. The van der Waals surface area contributed by atoms with Crippen molar-refractivity contribution in [3.63, 3.8) is 0 Å². The molecule has 222 valence electrons. The lowest BCUT2D eigenvalue weighted by Gasteiger charge is -2.23. The first kappa shape index (κ1) is 29.4. The Hall–Kier alpha value is -5.06. The van der Waals surface area contributed by atoms with Gasteiger partial charge in [-0.3, -0.25) is 9.59 Å². The van der Waals surface area contributed by atoms with Gasteiger partial charge in [0, 0.05) is 40.8 Å². The van der Waals surface area contributed by atoms with Crippen LogP contribution < -0.4 is 23.7 Å². The van der Waals surface area contributed by atoms with Crippen molar-refractivity contribution in [1.29, 1.82) is 0 Å². The number of ether oxygens (including phenoxy) is 6. The average molecular weight is 587 g/mol. The molecule has 4 aromatic carbocycles. The number of rotatable bonds is 11. The van der Waals surface area contributed by atoms with Gasteiger partial charge in [0.1, 0.15) is 24.2 Å². The Balaban J connectivity index is 1.59. The fourth-order valence-electron chi connectivity index (χ4n) is 4.97. The summed E-state index contributed by atoms with van der Waals surface area (Å²) in [5.41, 5.74) is 0.783. The number of carbonyl (C=O) groups excluding carboxylic acids is 2. The topological polar surface area (TPSA) is 130 Å². The molecule has 0 radical (unpaired) electrons. The van der Waals surface area contributed by atoms with E-state index in [1.165, 1.54) is 33.5 Å². The van der Waals surface area contributed by atoms with E-state index in [-0.39, 0.29) is 58.7 Å². The standard InChI is InChI=1S/C33H30O10/c1-38-17-43-33-26(42-16-18-5-9-20(39-2)10-6-18)12-8-19-7-11-21-24(34)13-23(32(37)30(21)29(19)33)31(36)22-14-27(40-3)28(41-4)15-25(22)35/h5-15,31,35-36H,16-17H2,1-4H3. The number of benzene rings is 4. The van der Waals surface area contributed by atoms with Gasteiger partial charge in [0.2, 0.25) is 0 Å². The molecule has 0 saturated carbocycles. The van der Waals surface area contributed by atoms with E-state index in [0.717, 1.165) is 11.6 Å². The van der Waals surface area contributed by atoms with E-state index in [9.17, 15) is 19.8 Å². The second-order valence-electron chi connectivity index (χ2n) is 9.63. The van der Waals surface area contributed by atoms with Gasteiger partial charge >= 0.3 is 0 Å². The van der Waals surface area contributed by atoms with E-state index in [1.54, 1.807) is 31.4 Å². The number of carbonyl (C=O) groups is 2. The summed E-state index contributed by atoms with van der Waals surface area (Å²) in [5, 5.41) is 22.9. The van der Waals surface area contributed by atoms with Crippen LogP contribution in [0.5, 0.6) is 34.5 Å². The quantitative estimate of drug-likeness (QED) is 0.227. The van der Waals surface area contributed by atoms with E-state index in [1.807, 2.05) is 24.3 Å². The molecule has 0 spiro atoms. The summed E-state index contributed by atoms with van der Waals surface area (Å²) in [6, 6.07) is 16.7. The van der Waals surface area contributed by atoms with Gasteiger partial charge in [0.15, 0.2) is 41.4 Å². The number of aliphatic hydroxyl groups excluding tert-OH is 1. The van der Waals surface area contributed by atoms with E-state index in [4.69, 9.17) is 28.4 Å². The van der Waals surface area contributed by atoms with Crippen molar-refractivity contribution in [2.45, 2.75) is 12.7 Å². The Morgan fingerprint density at radius 1 is 0.791 bits per heavy atom.